The Bertz CT molecular complexity index is 778. The first-order valence-corrected chi connectivity index (χ1v) is 8.64. The van der Waals surface area contributed by atoms with E-state index in [9.17, 15) is 8.42 Å². The molecule has 0 bridgehead atoms. The number of rotatable bonds is 3. The molecule has 0 aromatic heterocycles. The predicted molar refractivity (Wildman–Crippen MR) is 90.0 cm³/mol. The lowest BCUT2D eigenvalue weighted by atomic mass is 10.1. The van der Waals surface area contributed by atoms with Gasteiger partial charge in [-0.1, -0.05) is 22.0 Å². The molecule has 21 heavy (non-hydrogen) atoms. The maximum atomic E-state index is 12.6. The number of nitrogens with one attached hydrogen (secondary N) is 1. The Morgan fingerprint density at radius 2 is 1.67 bits per heavy atom. The van der Waals surface area contributed by atoms with Crippen molar-refractivity contribution in [1.82, 2.24) is 0 Å². The highest BCUT2D eigenvalue weighted by Gasteiger charge is 2.19. The van der Waals surface area contributed by atoms with Gasteiger partial charge in [0.1, 0.15) is 0 Å². The summed E-state index contributed by atoms with van der Waals surface area (Å²) >= 11 is 3.40. The quantitative estimate of drug-likeness (QED) is 0.810. The number of sulfonamides is 1. The molecule has 0 saturated carbocycles. The molecule has 0 aliphatic carbocycles. The lowest BCUT2D eigenvalue weighted by Crippen LogP contribution is -2.16. The zero-order valence-corrected chi connectivity index (χ0v) is 14.5. The first kappa shape index (κ1) is 15.9. The summed E-state index contributed by atoms with van der Waals surface area (Å²) in [6.07, 6.45) is 0. The monoisotopic (exact) mass is 368 g/mol. The van der Waals surface area contributed by atoms with E-state index in [0.29, 0.717) is 16.9 Å². The van der Waals surface area contributed by atoms with Crippen LogP contribution in [0.25, 0.3) is 0 Å². The van der Waals surface area contributed by atoms with Gasteiger partial charge in [-0.05, 0) is 61.7 Å². The summed E-state index contributed by atoms with van der Waals surface area (Å²) in [7, 11) is -3.67. The second-order valence-electron chi connectivity index (χ2n) is 4.99. The highest BCUT2D eigenvalue weighted by molar-refractivity contribution is 9.10. The molecule has 0 fully saturated rings. The number of halogens is 1. The van der Waals surface area contributed by atoms with E-state index >= 15 is 0 Å². The van der Waals surface area contributed by atoms with Crippen molar-refractivity contribution in [3.8, 4) is 0 Å². The first-order chi connectivity index (χ1) is 9.72. The Morgan fingerprint density at radius 3 is 2.24 bits per heavy atom. The van der Waals surface area contributed by atoms with Gasteiger partial charge in [0.05, 0.1) is 10.6 Å². The van der Waals surface area contributed by atoms with Crippen LogP contribution < -0.4 is 10.5 Å². The van der Waals surface area contributed by atoms with Crippen molar-refractivity contribution in [2.45, 2.75) is 25.7 Å². The highest BCUT2D eigenvalue weighted by atomic mass is 79.9. The molecule has 0 saturated heterocycles. The molecule has 0 atom stereocenters. The minimum absolute atomic E-state index is 0.198. The van der Waals surface area contributed by atoms with Gasteiger partial charge in [0.2, 0.25) is 0 Å². The number of hydrogen-bond acceptors (Lipinski definition) is 3. The Hall–Kier alpha value is -1.53. The van der Waals surface area contributed by atoms with Gasteiger partial charge in [-0.3, -0.25) is 4.72 Å². The van der Waals surface area contributed by atoms with E-state index in [1.54, 1.807) is 25.1 Å². The highest BCUT2D eigenvalue weighted by Crippen LogP contribution is 2.29. The summed E-state index contributed by atoms with van der Waals surface area (Å²) in [5.41, 5.74) is 9.11. The molecule has 4 nitrogen and oxygen atoms in total. The molecule has 2 rings (SSSR count). The average Bonchev–Trinajstić information content (AvgIpc) is 2.37. The normalized spacial score (nSPS) is 11.4. The molecule has 2 aromatic rings. The summed E-state index contributed by atoms with van der Waals surface area (Å²) in [4.78, 5) is 0.198. The number of nitrogens with two attached hydrogens (primary N) is 1. The standard InChI is InChI=1S/C15H17BrN2O2S/c1-9-7-12(16)8-10(2)15(9)18-21(19,20)14-6-4-5-13(17)11(14)3/h4-8,18H,17H2,1-3H3. The van der Waals surface area contributed by atoms with Crippen molar-refractivity contribution in [3.63, 3.8) is 0 Å². The Labute approximate surface area is 133 Å². The van der Waals surface area contributed by atoms with E-state index in [2.05, 4.69) is 20.7 Å². The third-order valence-electron chi connectivity index (χ3n) is 3.35. The van der Waals surface area contributed by atoms with Crippen molar-refractivity contribution in [2.24, 2.45) is 0 Å². The number of aryl methyl sites for hydroxylation is 2. The maximum Gasteiger partial charge on any atom is 0.262 e. The van der Waals surface area contributed by atoms with E-state index in [-0.39, 0.29) is 4.90 Å². The Balaban J connectivity index is 2.50. The zero-order chi connectivity index (χ0) is 15.8. The molecule has 0 heterocycles. The summed E-state index contributed by atoms with van der Waals surface area (Å²) in [6, 6.07) is 8.62. The summed E-state index contributed by atoms with van der Waals surface area (Å²) in [5.74, 6) is 0. The van der Waals surface area contributed by atoms with Crippen molar-refractivity contribution < 1.29 is 8.42 Å². The van der Waals surface area contributed by atoms with Crippen molar-refractivity contribution >= 4 is 37.3 Å². The number of nitrogen functional groups attached to an aromatic ring is 1. The second kappa shape index (κ2) is 5.69. The minimum atomic E-state index is -3.67. The fourth-order valence-electron chi connectivity index (χ4n) is 2.18. The molecular formula is C15H17BrN2O2S. The third kappa shape index (κ3) is 3.22. The molecule has 112 valence electrons. The van der Waals surface area contributed by atoms with Crippen molar-refractivity contribution in [1.29, 1.82) is 0 Å². The fourth-order valence-corrected chi connectivity index (χ4v) is 4.35. The molecule has 0 radical (unpaired) electrons. The lowest BCUT2D eigenvalue weighted by molar-refractivity contribution is 0.600. The number of benzene rings is 2. The number of anilines is 2. The largest absolute Gasteiger partial charge is 0.398 e. The lowest BCUT2D eigenvalue weighted by Gasteiger charge is -2.15. The molecule has 0 unspecified atom stereocenters. The van der Waals surface area contributed by atoms with E-state index in [4.69, 9.17) is 5.73 Å². The van der Waals surface area contributed by atoms with Gasteiger partial charge in [0, 0.05) is 10.2 Å². The molecule has 3 N–H and O–H groups in total. The first-order valence-electron chi connectivity index (χ1n) is 6.37. The molecule has 0 amide bonds. The molecule has 2 aromatic carbocycles. The van der Waals surface area contributed by atoms with E-state index in [0.717, 1.165) is 15.6 Å². The van der Waals surface area contributed by atoms with Crippen LogP contribution in [-0.4, -0.2) is 8.42 Å². The topological polar surface area (TPSA) is 72.2 Å². The second-order valence-corrected chi connectivity index (χ2v) is 7.56. The molecule has 6 heteroatoms. The van der Waals surface area contributed by atoms with Crippen molar-refractivity contribution in [3.05, 3.63) is 51.5 Å². The Morgan fingerprint density at radius 1 is 1.10 bits per heavy atom. The van der Waals surface area contributed by atoms with Crippen LogP contribution in [0.5, 0.6) is 0 Å². The van der Waals surface area contributed by atoms with Gasteiger partial charge < -0.3 is 5.73 Å². The Kier molecular flexibility index (Phi) is 4.30. The summed E-state index contributed by atoms with van der Waals surface area (Å²) in [5, 5.41) is 0. The maximum absolute atomic E-state index is 12.6. The van der Waals surface area contributed by atoms with Gasteiger partial charge in [-0.2, -0.15) is 0 Å². The summed E-state index contributed by atoms with van der Waals surface area (Å²) in [6.45, 7) is 5.43. The van der Waals surface area contributed by atoms with Crippen molar-refractivity contribution in [2.75, 3.05) is 10.5 Å². The van der Waals surface area contributed by atoms with Crippen LogP contribution >= 0.6 is 15.9 Å². The molecular weight excluding hydrogens is 352 g/mol. The van der Waals surface area contributed by atoms with Crippen LogP contribution in [0.3, 0.4) is 0 Å². The van der Waals surface area contributed by atoms with Crippen LogP contribution in [0, 0.1) is 20.8 Å². The molecule has 0 aliphatic rings. The number of hydrogen-bond donors (Lipinski definition) is 2. The van der Waals surface area contributed by atoms with Gasteiger partial charge in [-0.15, -0.1) is 0 Å². The smallest absolute Gasteiger partial charge is 0.262 e. The van der Waals surface area contributed by atoms with Crippen LogP contribution in [0.4, 0.5) is 11.4 Å². The molecule has 0 spiro atoms. The SMILES string of the molecule is Cc1cc(Br)cc(C)c1NS(=O)(=O)c1cccc(N)c1C. The van der Waals surface area contributed by atoms with Gasteiger partial charge in [-0.25, -0.2) is 8.42 Å². The molecule has 0 aliphatic heterocycles. The van der Waals surface area contributed by atoms with Gasteiger partial charge in [0.15, 0.2) is 0 Å². The van der Waals surface area contributed by atoms with Crippen LogP contribution in [-0.2, 0) is 10.0 Å². The van der Waals surface area contributed by atoms with Crippen LogP contribution in [0.1, 0.15) is 16.7 Å². The summed E-state index contributed by atoms with van der Waals surface area (Å²) < 4.78 is 28.8. The third-order valence-corrected chi connectivity index (χ3v) is 5.30. The van der Waals surface area contributed by atoms with E-state index in [1.165, 1.54) is 0 Å². The predicted octanol–water partition coefficient (Wildman–Crippen LogP) is 3.76. The average molecular weight is 369 g/mol. The van der Waals surface area contributed by atoms with Gasteiger partial charge in [0.25, 0.3) is 10.0 Å². The van der Waals surface area contributed by atoms with Crippen LogP contribution in [0.15, 0.2) is 39.7 Å². The van der Waals surface area contributed by atoms with Crippen LogP contribution in [0.2, 0.25) is 0 Å². The minimum Gasteiger partial charge on any atom is -0.398 e. The van der Waals surface area contributed by atoms with Gasteiger partial charge >= 0.3 is 0 Å². The van der Waals surface area contributed by atoms with E-state index < -0.39 is 10.0 Å². The van der Waals surface area contributed by atoms with E-state index in [1.807, 2.05) is 26.0 Å². The fraction of sp³-hybridized carbons (Fsp3) is 0.200. The zero-order valence-electron chi connectivity index (χ0n) is 12.1.